The third-order valence-corrected chi connectivity index (χ3v) is 7.58. The number of nitrogens with one attached hydrogen (secondary N) is 2. The zero-order chi connectivity index (χ0) is 25.6. The molecule has 0 aromatic carbocycles. The van der Waals surface area contributed by atoms with Crippen LogP contribution in [0.4, 0.5) is 16.4 Å². The molecule has 2 fully saturated rings. The van der Waals surface area contributed by atoms with E-state index in [2.05, 4.69) is 27.5 Å². The molecule has 11 heteroatoms. The van der Waals surface area contributed by atoms with Crippen LogP contribution < -0.4 is 30.7 Å². The zero-order valence-electron chi connectivity index (χ0n) is 20.9. The molecule has 196 valence electrons. The fraction of sp³-hybridized carbons (Fsp3) is 0.538. The van der Waals surface area contributed by atoms with Crippen molar-refractivity contribution >= 4 is 23.6 Å². The maximum Gasteiger partial charge on any atom is 0.415 e. The molecular weight excluding hydrogens is 476 g/mol. The Hall–Kier alpha value is -3.44. The van der Waals surface area contributed by atoms with Gasteiger partial charge in [0.25, 0.3) is 5.91 Å². The van der Waals surface area contributed by atoms with Crippen LogP contribution in [0.2, 0.25) is 0 Å². The number of carbonyl (C=O) groups excluding carboxylic acids is 2. The van der Waals surface area contributed by atoms with Gasteiger partial charge in [-0.1, -0.05) is 0 Å². The van der Waals surface area contributed by atoms with Crippen LogP contribution in [0.5, 0.6) is 11.6 Å². The lowest BCUT2D eigenvalue weighted by Gasteiger charge is -2.19. The van der Waals surface area contributed by atoms with Crippen molar-refractivity contribution in [3.8, 4) is 11.6 Å². The second-order valence-corrected chi connectivity index (χ2v) is 10.6. The normalized spacial score (nSPS) is 23.1. The van der Waals surface area contributed by atoms with E-state index in [0.29, 0.717) is 48.8 Å². The number of fused-ring (bicyclic) bond motifs is 2. The van der Waals surface area contributed by atoms with E-state index >= 15 is 0 Å². The minimum atomic E-state index is -0.435. The highest BCUT2D eigenvalue weighted by molar-refractivity contribution is 5.95. The molecule has 11 nitrogen and oxygen atoms in total. The number of carbonyl (C=O) groups is 2. The summed E-state index contributed by atoms with van der Waals surface area (Å²) in [6, 6.07) is 3.40. The second-order valence-electron chi connectivity index (χ2n) is 10.6. The van der Waals surface area contributed by atoms with Crippen molar-refractivity contribution in [2.45, 2.75) is 50.7 Å². The molecule has 0 bridgehead atoms. The number of nitrogens with two attached hydrogens (primary N) is 1. The Morgan fingerprint density at radius 2 is 2.16 bits per heavy atom. The van der Waals surface area contributed by atoms with Crippen molar-refractivity contribution in [2.75, 3.05) is 43.1 Å². The number of ether oxygens (including phenoxy) is 3. The smallest absolute Gasteiger partial charge is 0.415 e. The summed E-state index contributed by atoms with van der Waals surface area (Å²) in [4.78, 5) is 34.4. The van der Waals surface area contributed by atoms with E-state index in [1.54, 1.807) is 12.1 Å². The van der Waals surface area contributed by atoms with Gasteiger partial charge in [-0.3, -0.25) is 9.69 Å². The molecule has 1 saturated heterocycles. The number of pyridine rings is 2. The van der Waals surface area contributed by atoms with Gasteiger partial charge in [0.05, 0.1) is 12.1 Å². The highest BCUT2D eigenvalue weighted by atomic mass is 16.6. The molecule has 4 N–H and O–H groups in total. The van der Waals surface area contributed by atoms with E-state index in [1.165, 1.54) is 16.0 Å². The van der Waals surface area contributed by atoms with Gasteiger partial charge in [-0.25, -0.2) is 14.8 Å². The third kappa shape index (κ3) is 5.05. The van der Waals surface area contributed by atoms with Gasteiger partial charge in [-0.05, 0) is 81.3 Å². The first-order chi connectivity index (χ1) is 17.9. The van der Waals surface area contributed by atoms with E-state index in [0.717, 1.165) is 44.3 Å². The Morgan fingerprint density at radius 3 is 3.00 bits per heavy atom. The van der Waals surface area contributed by atoms with Crippen LogP contribution >= 0.6 is 0 Å². The molecule has 4 heterocycles. The van der Waals surface area contributed by atoms with Crippen LogP contribution in [0.3, 0.4) is 0 Å². The van der Waals surface area contributed by atoms with Gasteiger partial charge in [0.15, 0.2) is 18.2 Å². The molecule has 6 rings (SSSR count). The summed E-state index contributed by atoms with van der Waals surface area (Å²) in [5.41, 5.74) is 9.77. The Bertz CT molecular complexity index is 1230. The van der Waals surface area contributed by atoms with E-state index in [9.17, 15) is 9.59 Å². The van der Waals surface area contributed by atoms with Gasteiger partial charge < -0.3 is 30.6 Å². The summed E-state index contributed by atoms with van der Waals surface area (Å²) in [6.07, 6.45) is 6.01. The maximum atomic E-state index is 12.5. The van der Waals surface area contributed by atoms with E-state index in [1.807, 2.05) is 6.20 Å². The number of anilines is 2. The molecule has 2 aromatic rings. The number of aromatic nitrogens is 2. The van der Waals surface area contributed by atoms with Crippen molar-refractivity contribution < 1.29 is 23.8 Å². The van der Waals surface area contributed by atoms with E-state index in [-0.39, 0.29) is 24.2 Å². The first-order valence-corrected chi connectivity index (χ1v) is 12.9. The van der Waals surface area contributed by atoms with Gasteiger partial charge in [0.2, 0.25) is 5.88 Å². The van der Waals surface area contributed by atoms with Gasteiger partial charge >= 0.3 is 6.09 Å². The molecule has 2 amide bonds. The predicted octanol–water partition coefficient (Wildman–Crippen LogP) is 1.71. The monoisotopic (exact) mass is 508 g/mol. The summed E-state index contributed by atoms with van der Waals surface area (Å²) in [5.74, 6) is 2.17. The third-order valence-electron chi connectivity index (χ3n) is 7.58. The van der Waals surface area contributed by atoms with Gasteiger partial charge in [-0.2, -0.15) is 0 Å². The van der Waals surface area contributed by atoms with Gasteiger partial charge in [0.1, 0.15) is 18.5 Å². The molecule has 37 heavy (non-hydrogen) atoms. The maximum absolute atomic E-state index is 12.5. The molecule has 2 atom stereocenters. The van der Waals surface area contributed by atoms with Crippen molar-refractivity contribution in [1.29, 1.82) is 0 Å². The van der Waals surface area contributed by atoms with Crippen molar-refractivity contribution in [1.82, 2.24) is 15.3 Å². The van der Waals surface area contributed by atoms with Crippen LogP contribution in [0.15, 0.2) is 18.3 Å². The number of hydrogen-bond donors (Lipinski definition) is 3. The van der Waals surface area contributed by atoms with Crippen molar-refractivity contribution in [3.63, 3.8) is 0 Å². The summed E-state index contributed by atoms with van der Waals surface area (Å²) in [5, 5.41) is 6.20. The standard InChI is InChI=1S/C26H32N6O5/c1-15-19-9-16(8-17(19)11-29-24(15)36-14-26(27)5-6-26)10-28-7-4-18-12-32(25(34)37-18)21-3-2-20-23(30-21)31-22(33)13-35-20/h2-3,11,16,18,28H,4-10,12-14,27H2,1H3,(H,30,31,33). The summed E-state index contributed by atoms with van der Waals surface area (Å²) in [6.45, 7) is 4.61. The minimum absolute atomic E-state index is 0.0386. The molecule has 2 unspecified atom stereocenters. The lowest BCUT2D eigenvalue weighted by Crippen LogP contribution is -2.30. The molecule has 2 aromatic heterocycles. The van der Waals surface area contributed by atoms with Crippen LogP contribution in [0.1, 0.15) is 36.0 Å². The SMILES string of the molecule is Cc1c(OCC2(N)CC2)ncc2c1CC(CNCCC1CN(c3ccc4c(n3)NC(=O)CO4)C(=O)O1)C2. The van der Waals surface area contributed by atoms with Crippen LogP contribution in [0, 0.1) is 12.8 Å². The summed E-state index contributed by atoms with van der Waals surface area (Å²) in [7, 11) is 0. The highest BCUT2D eigenvalue weighted by Crippen LogP contribution is 2.36. The largest absolute Gasteiger partial charge is 0.480 e. The quantitative estimate of drug-likeness (QED) is 0.432. The zero-order valence-corrected chi connectivity index (χ0v) is 20.9. The average Bonchev–Trinajstić information content (AvgIpc) is 3.29. The Labute approximate surface area is 215 Å². The fourth-order valence-electron chi connectivity index (χ4n) is 5.15. The van der Waals surface area contributed by atoms with Gasteiger partial charge in [-0.15, -0.1) is 0 Å². The second kappa shape index (κ2) is 9.46. The number of rotatable bonds is 9. The molecule has 4 aliphatic rings. The van der Waals surface area contributed by atoms with Crippen LogP contribution in [-0.2, 0) is 22.4 Å². The molecular formula is C26H32N6O5. The van der Waals surface area contributed by atoms with E-state index < -0.39 is 6.09 Å². The molecule has 1 saturated carbocycles. The lowest BCUT2D eigenvalue weighted by atomic mass is 10.1. The summed E-state index contributed by atoms with van der Waals surface area (Å²) < 4.78 is 16.8. The Balaban J connectivity index is 0.963. The number of amides is 2. The lowest BCUT2D eigenvalue weighted by molar-refractivity contribution is -0.118. The Kier molecular flexibility index (Phi) is 6.12. The van der Waals surface area contributed by atoms with Crippen molar-refractivity contribution in [2.24, 2.45) is 11.7 Å². The number of cyclic esters (lactones) is 1. The van der Waals surface area contributed by atoms with E-state index in [4.69, 9.17) is 19.9 Å². The average molecular weight is 509 g/mol. The van der Waals surface area contributed by atoms with Gasteiger partial charge in [0, 0.05) is 11.8 Å². The molecule has 0 spiro atoms. The first-order valence-electron chi connectivity index (χ1n) is 12.9. The number of nitrogens with zero attached hydrogens (tertiary/aromatic N) is 3. The molecule has 2 aliphatic heterocycles. The first kappa shape index (κ1) is 23.9. The summed E-state index contributed by atoms with van der Waals surface area (Å²) >= 11 is 0. The highest BCUT2D eigenvalue weighted by Gasteiger charge is 2.39. The number of hydrogen-bond acceptors (Lipinski definition) is 9. The molecule has 2 aliphatic carbocycles. The minimum Gasteiger partial charge on any atom is -0.480 e. The van der Waals surface area contributed by atoms with Crippen LogP contribution in [-0.4, -0.2) is 66.5 Å². The Morgan fingerprint density at radius 1 is 1.30 bits per heavy atom. The fourth-order valence-corrected chi connectivity index (χ4v) is 5.15. The predicted molar refractivity (Wildman–Crippen MR) is 135 cm³/mol. The molecule has 0 radical (unpaired) electrons. The van der Waals surface area contributed by atoms with Crippen molar-refractivity contribution in [3.05, 3.63) is 35.0 Å². The topological polar surface area (TPSA) is 141 Å². The van der Waals surface area contributed by atoms with Crippen LogP contribution in [0.25, 0.3) is 0 Å².